The van der Waals surface area contributed by atoms with E-state index in [1.165, 1.54) is 19.4 Å². The number of carboxylic acids is 1. The van der Waals surface area contributed by atoms with Gasteiger partial charge in [-0.1, -0.05) is 0 Å². The number of nitrogens with one attached hydrogen (secondary N) is 2. The fraction of sp³-hybridized carbons (Fsp3) is 0.556. The number of nitrogens with zero attached hydrogens (tertiary/aromatic N) is 1. The van der Waals surface area contributed by atoms with Crippen LogP contribution in [0.2, 0.25) is 0 Å². The summed E-state index contributed by atoms with van der Waals surface area (Å²) in [6, 6.07) is 0.0598. The molecule has 0 spiro atoms. The van der Waals surface area contributed by atoms with Crippen LogP contribution in [0.5, 0.6) is 0 Å². The summed E-state index contributed by atoms with van der Waals surface area (Å²) in [5, 5.41) is 14.5. The molecule has 0 bridgehead atoms. The molecule has 1 heterocycles. The molecule has 1 unspecified atom stereocenters. The van der Waals surface area contributed by atoms with Gasteiger partial charge in [-0.2, -0.15) is 9.82 Å². The van der Waals surface area contributed by atoms with E-state index in [1.54, 1.807) is 0 Å². The van der Waals surface area contributed by atoms with Gasteiger partial charge in [0.15, 0.2) is 5.03 Å². The highest BCUT2D eigenvalue weighted by Gasteiger charge is 2.25. The van der Waals surface area contributed by atoms with Crippen molar-refractivity contribution in [1.29, 1.82) is 0 Å². The van der Waals surface area contributed by atoms with Gasteiger partial charge < -0.3 is 9.84 Å². The van der Waals surface area contributed by atoms with Crippen LogP contribution >= 0.6 is 0 Å². The maximum absolute atomic E-state index is 11.8. The number of aromatic nitrogens is 2. The number of hydrogen-bond donors (Lipinski definition) is 3. The summed E-state index contributed by atoms with van der Waals surface area (Å²) in [7, 11) is -2.40. The molecule has 0 aromatic carbocycles. The van der Waals surface area contributed by atoms with Crippen LogP contribution in [-0.2, 0) is 19.6 Å². The molecular formula is C9H15N3O5S. The maximum Gasteiger partial charge on any atom is 0.321 e. The lowest BCUT2D eigenvalue weighted by atomic mass is 10.2. The molecule has 18 heavy (non-hydrogen) atoms. The van der Waals surface area contributed by atoms with E-state index in [-0.39, 0.29) is 11.4 Å². The third kappa shape index (κ3) is 4.09. The first-order chi connectivity index (χ1) is 8.47. The standard InChI is InChI=1S/C9H15N3O5S/c1-17-6-2-3-7(9(13)14)12-18(15,16)8-4-5-10-11-8/h4-5,7,12H,2-3,6H2,1H3,(H,10,11)(H,13,14). The topological polar surface area (TPSA) is 121 Å². The minimum absolute atomic E-state index is 0.149. The highest BCUT2D eigenvalue weighted by molar-refractivity contribution is 7.89. The number of hydrogen-bond acceptors (Lipinski definition) is 5. The van der Waals surface area contributed by atoms with Crippen LogP contribution in [0.15, 0.2) is 17.3 Å². The predicted octanol–water partition coefficient (Wildman–Crippen LogP) is -0.432. The van der Waals surface area contributed by atoms with Crippen LogP contribution in [-0.4, -0.2) is 49.4 Å². The van der Waals surface area contributed by atoms with E-state index in [0.29, 0.717) is 13.0 Å². The highest BCUT2D eigenvalue weighted by atomic mass is 32.2. The first-order valence-electron chi connectivity index (χ1n) is 5.21. The molecule has 102 valence electrons. The molecule has 0 saturated carbocycles. The average Bonchev–Trinajstić information content (AvgIpc) is 2.81. The lowest BCUT2D eigenvalue weighted by molar-refractivity contribution is -0.139. The van der Waals surface area contributed by atoms with Crippen molar-refractivity contribution in [2.24, 2.45) is 0 Å². The van der Waals surface area contributed by atoms with Gasteiger partial charge >= 0.3 is 5.97 Å². The van der Waals surface area contributed by atoms with Crippen molar-refractivity contribution in [3.63, 3.8) is 0 Å². The predicted molar refractivity (Wildman–Crippen MR) is 61.4 cm³/mol. The Morgan fingerprint density at radius 1 is 1.67 bits per heavy atom. The fourth-order valence-electron chi connectivity index (χ4n) is 1.31. The Labute approximate surface area is 104 Å². The largest absolute Gasteiger partial charge is 0.480 e. The van der Waals surface area contributed by atoms with Gasteiger partial charge in [0.2, 0.25) is 0 Å². The van der Waals surface area contributed by atoms with E-state index < -0.39 is 22.0 Å². The number of aliphatic carboxylic acids is 1. The van der Waals surface area contributed by atoms with E-state index in [2.05, 4.69) is 14.9 Å². The number of ether oxygens (including phenoxy) is 1. The third-order valence-electron chi connectivity index (χ3n) is 2.20. The Kier molecular flexibility index (Phi) is 5.25. The molecule has 0 aliphatic heterocycles. The summed E-state index contributed by atoms with van der Waals surface area (Å²) in [6.45, 7) is 0.371. The van der Waals surface area contributed by atoms with E-state index in [9.17, 15) is 13.2 Å². The van der Waals surface area contributed by atoms with Crippen LogP contribution in [0.3, 0.4) is 0 Å². The molecule has 1 aromatic heterocycles. The number of aromatic amines is 1. The monoisotopic (exact) mass is 277 g/mol. The summed E-state index contributed by atoms with van der Waals surface area (Å²) in [6.07, 6.45) is 1.87. The second kappa shape index (κ2) is 6.47. The molecule has 9 heteroatoms. The number of methoxy groups -OCH3 is 1. The van der Waals surface area contributed by atoms with Crippen molar-refractivity contribution in [1.82, 2.24) is 14.9 Å². The average molecular weight is 277 g/mol. The number of H-pyrrole nitrogens is 1. The SMILES string of the molecule is COCCCC(NS(=O)(=O)c1ccn[nH]1)C(=O)O. The first-order valence-corrected chi connectivity index (χ1v) is 6.69. The lowest BCUT2D eigenvalue weighted by Crippen LogP contribution is -2.41. The van der Waals surface area contributed by atoms with E-state index in [1.807, 2.05) is 0 Å². The van der Waals surface area contributed by atoms with Crippen LogP contribution in [0.25, 0.3) is 0 Å². The van der Waals surface area contributed by atoms with Crippen molar-refractivity contribution in [2.45, 2.75) is 23.9 Å². The van der Waals surface area contributed by atoms with Crippen molar-refractivity contribution >= 4 is 16.0 Å². The van der Waals surface area contributed by atoms with Gasteiger partial charge in [0.25, 0.3) is 10.0 Å². The van der Waals surface area contributed by atoms with E-state index >= 15 is 0 Å². The van der Waals surface area contributed by atoms with Gasteiger partial charge in [-0.25, -0.2) is 8.42 Å². The second-order valence-corrected chi connectivity index (χ2v) is 5.25. The number of carboxylic acid groups (broad SMARTS) is 1. The summed E-state index contributed by atoms with van der Waals surface area (Å²) >= 11 is 0. The van der Waals surface area contributed by atoms with Crippen molar-refractivity contribution in [3.05, 3.63) is 12.3 Å². The van der Waals surface area contributed by atoms with Crippen molar-refractivity contribution in [3.8, 4) is 0 Å². The Balaban J connectivity index is 2.69. The van der Waals surface area contributed by atoms with Gasteiger partial charge in [0, 0.05) is 13.7 Å². The zero-order valence-electron chi connectivity index (χ0n) is 9.79. The molecule has 0 radical (unpaired) electrons. The van der Waals surface area contributed by atoms with Gasteiger partial charge in [-0.05, 0) is 18.9 Å². The Bertz CT molecular complexity index is 470. The molecule has 0 amide bonds. The second-order valence-electron chi connectivity index (χ2n) is 3.57. The molecule has 0 saturated heterocycles. The quantitative estimate of drug-likeness (QED) is 0.554. The maximum atomic E-state index is 11.8. The summed E-state index contributed by atoms with van der Waals surface area (Å²) in [5.74, 6) is -1.23. The van der Waals surface area contributed by atoms with Crippen LogP contribution in [0.4, 0.5) is 0 Å². The molecule has 3 N–H and O–H groups in total. The minimum atomic E-state index is -3.89. The Hall–Kier alpha value is -1.45. The molecule has 1 aromatic rings. The zero-order chi connectivity index (χ0) is 13.6. The Morgan fingerprint density at radius 3 is 2.89 bits per heavy atom. The third-order valence-corrected chi connectivity index (χ3v) is 3.60. The highest BCUT2D eigenvalue weighted by Crippen LogP contribution is 2.07. The normalized spacial score (nSPS) is 13.4. The van der Waals surface area contributed by atoms with Crippen LogP contribution in [0, 0.1) is 0 Å². The number of sulfonamides is 1. The van der Waals surface area contributed by atoms with E-state index in [0.717, 1.165) is 0 Å². The molecule has 1 rings (SSSR count). The van der Waals surface area contributed by atoms with Gasteiger partial charge in [-0.3, -0.25) is 9.89 Å². The van der Waals surface area contributed by atoms with Crippen molar-refractivity contribution in [2.75, 3.05) is 13.7 Å². The molecule has 8 nitrogen and oxygen atoms in total. The number of rotatable bonds is 8. The molecule has 0 aliphatic rings. The minimum Gasteiger partial charge on any atom is -0.480 e. The van der Waals surface area contributed by atoms with Crippen LogP contribution in [0.1, 0.15) is 12.8 Å². The van der Waals surface area contributed by atoms with E-state index in [4.69, 9.17) is 9.84 Å². The summed E-state index contributed by atoms with van der Waals surface area (Å²) in [4.78, 5) is 10.9. The molecule has 1 atom stereocenters. The first kappa shape index (κ1) is 14.6. The van der Waals surface area contributed by atoms with Gasteiger partial charge in [0.05, 0.1) is 6.20 Å². The van der Waals surface area contributed by atoms with Gasteiger partial charge in [0.1, 0.15) is 6.04 Å². The molecule has 0 fully saturated rings. The summed E-state index contributed by atoms with van der Waals surface area (Å²) in [5.41, 5.74) is 0. The molecule has 0 aliphatic carbocycles. The van der Waals surface area contributed by atoms with Crippen molar-refractivity contribution < 1.29 is 23.1 Å². The Morgan fingerprint density at radius 2 is 2.39 bits per heavy atom. The fourth-order valence-corrected chi connectivity index (χ4v) is 2.44. The van der Waals surface area contributed by atoms with Crippen LogP contribution < -0.4 is 4.72 Å². The molecular weight excluding hydrogens is 262 g/mol. The van der Waals surface area contributed by atoms with Gasteiger partial charge in [-0.15, -0.1) is 0 Å². The zero-order valence-corrected chi connectivity index (χ0v) is 10.6. The smallest absolute Gasteiger partial charge is 0.321 e. The summed E-state index contributed by atoms with van der Waals surface area (Å²) < 4.78 is 30.4. The number of carbonyl (C=O) groups is 1. The lowest BCUT2D eigenvalue weighted by Gasteiger charge is -2.13.